The lowest BCUT2D eigenvalue weighted by Crippen LogP contribution is -2.45. The predicted molar refractivity (Wildman–Crippen MR) is 102 cm³/mol. The summed E-state index contributed by atoms with van der Waals surface area (Å²) < 4.78 is 45.1. The van der Waals surface area contributed by atoms with Gasteiger partial charge in [-0.05, 0) is 60.4 Å². The summed E-state index contributed by atoms with van der Waals surface area (Å²) in [6.45, 7) is 3.74. The Kier molecular flexibility index (Phi) is 5.72. The van der Waals surface area contributed by atoms with Gasteiger partial charge in [0.1, 0.15) is 10.6 Å². The molecule has 144 valence electrons. The number of hydrogen-bond acceptors (Lipinski definition) is 4. The molecule has 0 spiro atoms. The van der Waals surface area contributed by atoms with Gasteiger partial charge in [0.2, 0.25) is 0 Å². The fourth-order valence-corrected chi connectivity index (χ4v) is 5.85. The average molecular weight is 411 g/mol. The Morgan fingerprint density at radius 3 is 2.63 bits per heavy atom. The first-order chi connectivity index (χ1) is 12.8. The zero-order valence-electron chi connectivity index (χ0n) is 14.6. The van der Waals surface area contributed by atoms with Gasteiger partial charge in [0.15, 0.2) is 16.1 Å². The lowest BCUT2D eigenvalue weighted by molar-refractivity contribution is -0.134. The van der Waals surface area contributed by atoms with Crippen LogP contribution in [0, 0.1) is 5.82 Å². The molecule has 27 heavy (non-hydrogen) atoms. The maximum absolute atomic E-state index is 14.1. The van der Waals surface area contributed by atoms with Crippen LogP contribution in [0.1, 0.15) is 24.0 Å². The molecule has 7 heteroatoms. The van der Waals surface area contributed by atoms with Gasteiger partial charge in [-0.15, -0.1) is 6.58 Å². The van der Waals surface area contributed by atoms with E-state index in [0.717, 1.165) is 0 Å². The zero-order chi connectivity index (χ0) is 19.7. The molecular formula is C20H20ClFO4S. The zero-order valence-corrected chi connectivity index (χ0v) is 16.1. The number of ether oxygens (including phenoxy) is 1. The summed E-state index contributed by atoms with van der Waals surface area (Å²) in [6, 6.07) is 9.93. The summed E-state index contributed by atoms with van der Waals surface area (Å²) >= 11 is 5.89. The lowest BCUT2D eigenvalue weighted by Gasteiger charge is -2.40. The molecular weight excluding hydrogens is 391 g/mol. The Morgan fingerprint density at radius 2 is 2.00 bits per heavy atom. The molecule has 0 radical (unpaired) electrons. The average Bonchev–Trinajstić information content (AvgIpc) is 2.63. The summed E-state index contributed by atoms with van der Waals surface area (Å²) in [7, 11) is -3.98. The molecule has 1 aliphatic rings. The molecule has 1 saturated heterocycles. The van der Waals surface area contributed by atoms with Crippen molar-refractivity contribution in [2.24, 2.45) is 0 Å². The monoisotopic (exact) mass is 410 g/mol. The highest BCUT2D eigenvalue weighted by Crippen LogP contribution is 2.46. The SMILES string of the molecule is C=CCc1ccc(F)cc1[C@]1(S(=O)(=O)c2ccc(Cl)cc2)CCOC(O)C1. The highest BCUT2D eigenvalue weighted by atomic mass is 35.5. The summed E-state index contributed by atoms with van der Waals surface area (Å²) in [5, 5.41) is 10.5. The van der Waals surface area contributed by atoms with Crippen LogP contribution in [-0.2, 0) is 25.7 Å². The van der Waals surface area contributed by atoms with Gasteiger partial charge in [-0.25, -0.2) is 12.8 Å². The van der Waals surface area contributed by atoms with E-state index in [1.165, 1.54) is 36.4 Å². The molecule has 1 unspecified atom stereocenters. The highest BCUT2D eigenvalue weighted by molar-refractivity contribution is 7.92. The molecule has 0 amide bonds. The van der Waals surface area contributed by atoms with Crippen LogP contribution in [0.15, 0.2) is 60.0 Å². The van der Waals surface area contributed by atoms with Crippen molar-refractivity contribution in [3.8, 4) is 0 Å². The number of rotatable bonds is 5. The molecule has 2 aromatic carbocycles. The molecule has 1 heterocycles. The van der Waals surface area contributed by atoms with Crippen molar-refractivity contribution in [2.75, 3.05) is 6.61 Å². The maximum atomic E-state index is 14.1. The van der Waals surface area contributed by atoms with Crippen LogP contribution in [0.5, 0.6) is 0 Å². The van der Waals surface area contributed by atoms with Gasteiger partial charge >= 0.3 is 0 Å². The third kappa shape index (κ3) is 3.67. The van der Waals surface area contributed by atoms with E-state index in [1.807, 2.05) is 0 Å². The Hall–Kier alpha value is -1.73. The standard InChI is InChI=1S/C20H20ClFO4S/c1-2-3-14-4-7-16(22)12-18(14)20(10-11-26-19(23)13-20)27(24,25)17-8-5-15(21)6-9-17/h2,4-9,12,19,23H,1,3,10-11,13H2/t19?,20-/m0/s1. The highest BCUT2D eigenvalue weighted by Gasteiger charge is 2.50. The summed E-state index contributed by atoms with van der Waals surface area (Å²) in [5.41, 5.74) is 0.984. The topological polar surface area (TPSA) is 63.6 Å². The van der Waals surface area contributed by atoms with E-state index in [0.29, 0.717) is 22.6 Å². The molecule has 0 aromatic heterocycles. The summed E-state index contributed by atoms with van der Waals surface area (Å²) in [6.07, 6.45) is 0.661. The molecule has 0 aliphatic carbocycles. The maximum Gasteiger partial charge on any atom is 0.188 e. The van der Waals surface area contributed by atoms with Crippen molar-refractivity contribution < 1.29 is 22.7 Å². The molecule has 1 aliphatic heterocycles. The second-order valence-corrected chi connectivity index (χ2v) is 9.22. The molecule has 4 nitrogen and oxygen atoms in total. The summed E-state index contributed by atoms with van der Waals surface area (Å²) in [5.74, 6) is -0.538. The molecule has 0 saturated carbocycles. The largest absolute Gasteiger partial charge is 0.368 e. The third-order valence-electron chi connectivity index (χ3n) is 4.89. The normalized spacial score (nSPS) is 23.1. The number of aliphatic hydroxyl groups excluding tert-OH is 1. The number of aliphatic hydroxyl groups is 1. The number of sulfone groups is 1. The van der Waals surface area contributed by atoms with Gasteiger partial charge in [-0.1, -0.05) is 23.7 Å². The number of hydrogen-bond donors (Lipinski definition) is 1. The van der Waals surface area contributed by atoms with Gasteiger partial charge in [0, 0.05) is 11.4 Å². The Labute approximate surface area is 163 Å². The van der Waals surface area contributed by atoms with Crippen LogP contribution in [0.2, 0.25) is 5.02 Å². The molecule has 1 fully saturated rings. The fraction of sp³-hybridized carbons (Fsp3) is 0.300. The Bertz CT molecular complexity index is 943. The summed E-state index contributed by atoms with van der Waals surface area (Å²) in [4.78, 5) is 0.0646. The lowest BCUT2D eigenvalue weighted by atomic mass is 9.85. The number of allylic oxidation sites excluding steroid dienone is 1. The molecule has 2 atom stereocenters. The van der Waals surface area contributed by atoms with E-state index in [2.05, 4.69) is 6.58 Å². The molecule has 3 rings (SSSR count). The van der Waals surface area contributed by atoms with Crippen molar-refractivity contribution in [1.82, 2.24) is 0 Å². The van der Waals surface area contributed by atoms with E-state index in [-0.39, 0.29) is 24.3 Å². The molecule has 1 N–H and O–H groups in total. The van der Waals surface area contributed by atoms with E-state index in [1.54, 1.807) is 12.1 Å². The second kappa shape index (κ2) is 7.72. The van der Waals surface area contributed by atoms with Gasteiger partial charge < -0.3 is 9.84 Å². The van der Waals surface area contributed by atoms with E-state index < -0.39 is 26.7 Å². The minimum Gasteiger partial charge on any atom is -0.368 e. The van der Waals surface area contributed by atoms with Crippen LogP contribution in [0.25, 0.3) is 0 Å². The Morgan fingerprint density at radius 1 is 1.30 bits per heavy atom. The first kappa shape index (κ1) is 20.0. The van der Waals surface area contributed by atoms with Crippen LogP contribution < -0.4 is 0 Å². The quantitative estimate of drug-likeness (QED) is 0.756. The van der Waals surface area contributed by atoms with Crippen molar-refractivity contribution in [2.45, 2.75) is 35.2 Å². The van der Waals surface area contributed by atoms with Gasteiger partial charge in [-0.2, -0.15) is 0 Å². The van der Waals surface area contributed by atoms with E-state index >= 15 is 0 Å². The van der Waals surface area contributed by atoms with Gasteiger partial charge in [-0.3, -0.25) is 0 Å². The first-order valence-corrected chi connectivity index (χ1v) is 10.4. The van der Waals surface area contributed by atoms with E-state index in [9.17, 15) is 17.9 Å². The van der Waals surface area contributed by atoms with Gasteiger partial charge in [0.25, 0.3) is 0 Å². The number of halogens is 2. The molecule has 0 bridgehead atoms. The smallest absolute Gasteiger partial charge is 0.188 e. The van der Waals surface area contributed by atoms with Crippen molar-refractivity contribution in [3.05, 3.63) is 77.1 Å². The Balaban J connectivity index is 2.27. The van der Waals surface area contributed by atoms with Crippen molar-refractivity contribution in [3.63, 3.8) is 0 Å². The predicted octanol–water partition coefficient (Wildman–Crippen LogP) is 4.01. The second-order valence-electron chi connectivity index (χ2n) is 6.53. The fourth-order valence-electron chi connectivity index (χ4n) is 3.58. The minimum atomic E-state index is -3.98. The number of benzene rings is 2. The van der Waals surface area contributed by atoms with E-state index in [4.69, 9.17) is 16.3 Å². The third-order valence-corrected chi connectivity index (χ3v) is 7.65. The molecule has 2 aromatic rings. The minimum absolute atomic E-state index is 0.0397. The van der Waals surface area contributed by atoms with Crippen molar-refractivity contribution in [1.29, 1.82) is 0 Å². The first-order valence-electron chi connectivity index (χ1n) is 8.50. The van der Waals surface area contributed by atoms with Crippen LogP contribution in [0.3, 0.4) is 0 Å². The van der Waals surface area contributed by atoms with Crippen molar-refractivity contribution >= 4 is 21.4 Å². The van der Waals surface area contributed by atoms with Crippen LogP contribution >= 0.6 is 11.6 Å². The van der Waals surface area contributed by atoms with Crippen LogP contribution in [-0.4, -0.2) is 26.4 Å². The van der Waals surface area contributed by atoms with Crippen LogP contribution in [0.4, 0.5) is 4.39 Å². The van der Waals surface area contributed by atoms with Gasteiger partial charge in [0.05, 0.1) is 11.5 Å².